The number of hydrogen-bond acceptors (Lipinski definition) is 5. The van der Waals surface area contributed by atoms with Gasteiger partial charge in [0.25, 0.3) is 0 Å². The lowest BCUT2D eigenvalue weighted by atomic mass is 9.90. The first kappa shape index (κ1) is 22.6. The van der Waals surface area contributed by atoms with Gasteiger partial charge in [-0.15, -0.1) is 0 Å². The van der Waals surface area contributed by atoms with Crippen LogP contribution in [0.15, 0.2) is 24.3 Å². The van der Waals surface area contributed by atoms with Crippen LogP contribution in [0.5, 0.6) is 0 Å². The highest BCUT2D eigenvalue weighted by Crippen LogP contribution is 2.33. The monoisotopic (exact) mass is 366 g/mol. The molecule has 26 heavy (non-hydrogen) atoms. The third kappa shape index (κ3) is 8.28. The van der Waals surface area contributed by atoms with Gasteiger partial charge in [-0.25, -0.2) is 0 Å². The minimum absolute atomic E-state index is 0.0404. The number of Topliss-reactive ketones (excluding diaryl/α,β-unsaturated/α-hetero) is 1. The zero-order valence-electron chi connectivity index (χ0n) is 16.1. The van der Waals surface area contributed by atoms with Crippen molar-refractivity contribution in [1.82, 2.24) is 0 Å². The van der Waals surface area contributed by atoms with Gasteiger partial charge in [0.15, 0.2) is 0 Å². The normalized spacial score (nSPS) is 24.6. The van der Waals surface area contributed by atoms with E-state index in [1.165, 1.54) is 7.11 Å². The lowest BCUT2D eigenvalue weighted by Crippen LogP contribution is -2.19. The molecular formula is C21H34O5. The van der Waals surface area contributed by atoms with Crippen LogP contribution in [0.3, 0.4) is 0 Å². The van der Waals surface area contributed by atoms with Crippen LogP contribution in [0.1, 0.15) is 64.7 Å². The molecule has 1 saturated carbocycles. The molecule has 0 aromatic carbocycles. The lowest BCUT2D eigenvalue weighted by molar-refractivity contribution is -0.140. The van der Waals surface area contributed by atoms with Crippen LogP contribution < -0.4 is 0 Å². The molecule has 1 aliphatic rings. The average molecular weight is 366 g/mol. The predicted molar refractivity (Wildman–Crippen MR) is 102 cm³/mol. The van der Waals surface area contributed by atoms with Crippen LogP contribution in [0, 0.1) is 11.8 Å². The van der Waals surface area contributed by atoms with Crippen molar-refractivity contribution in [3.05, 3.63) is 24.3 Å². The molecule has 0 saturated heterocycles. The Labute approximate surface area is 157 Å². The molecule has 0 unspecified atom stereocenters. The molecule has 4 atom stereocenters. The van der Waals surface area contributed by atoms with Gasteiger partial charge in [0, 0.05) is 24.7 Å². The summed E-state index contributed by atoms with van der Waals surface area (Å²) in [4.78, 5) is 23.2. The highest BCUT2D eigenvalue weighted by Gasteiger charge is 2.39. The number of carbonyl (C=O) groups is 2. The maximum absolute atomic E-state index is 12.1. The van der Waals surface area contributed by atoms with Gasteiger partial charge in [0.2, 0.25) is 0 Å². The summed E-state index contributed by atoms with van der Waals surface area (Å²) < 4.78 is 4.59. The second-order valence-electron chi connectivity index (χ2n) is 7.05. The zero-order valence-corrected chi connectivity index (χ0v) is 16.1. The SMILES string of the molecule is CCCCC[C@H](O)/C=C/[C@H]1C(=O)C[C@@H](O)[C@@H]1C/C=C\CCCC(=O)OC. The largest absolute Gasteiger partial charge is 0.469 e. The molecule has 2 N–H and O–H groups in total. The smallest absolute Gasteiger partial charge is 0.305 e. The molecule has 0 radical (unpaired) electrons. The lowest BCUT2D eigenvalue weighted by Gasteiger charge is -2.17. The van der Waals surface area contributed by atoms with E-state index in [1.807, 2.05) is 12.2 Å². The first-order valence-electron chi connectivity index (χ1n) is 9.78. The van der Waals surface area contributed by atoms with Crippen LogP contribution >= 0.6 is 0 Å². The van der Waals surface area contributed by atoms with Crippen LogP contribution in [0.2, 0.25) is 0 Å². The molecule has 0 aliphatic heterocycles. The number of ether oxygens (including phenoxy) is 1. The minimum Gasteiger partial charge on any atom is -0.469 e. The second kappa shape index (κ2) is 12.8. The molecule has 1 aliphatic carbocycles. The van der Waals surface area contributed by atoms with Gasteiger partial charge in [-0.2, -0.15) is 0 Å². The number of rotatable bonds is 12. The van der Waals surface area contributed by atoms with Crippen molar-refractivity contribution in [3.63, 3.8) is 0 Å². The summed E-state index contributed by atoms with van der Waals surface area (Å²) in [6, 6.07) is 0. The molecule has 0 amide bonds. The van der Waals surface area contributed by atoms with Gasteiger partial charge in [-0.3, -0.25) is 9.59 Å². The molecule has 0 spiro atoms. The Hall–Kier alpha value is -1.46. The summed E-state index contributed by atoms with van der Waals surface area (Å²) >= 11 is 0. The molecule has 148 valence electrons. The van der Waals surface area contributed by atoms with Crippen molar-refractivity contribution in [2.45, 2.75) is 76.9 Å². The number of carbonyl (C=O) groups excluding carboxylic acids is 2. The highest BCUT2D eigenvalue weighted by molar-refractivity contribution is 5.86. The number of aliphatic hydroxyl groups excluding tert-OH is 2. The summed E-state index contributed by atoms with van der Waals surface area (Å²) in [5.74, 6) is -0.638. The summed E-state index contributed by atoms with van der Waals surface area (Å²) in [5.41, 5.74) is 0. The number of ketones is 1. The summed E-state index contributed by atoms with van der Waals surface area (Å²) in [7, 11) is 1.38. The first-order valence-corrected chi connectivity index (χ1v) is 9.78. The maximum Gasteiger partial charge on any atom is 0.305 e. The van der Waals surface area contributed by atoms with E-state index in [0.717, 1.165) is 32.1 Å². The van der Waals surface area contributed by atoms with E-state index in [-0.39, 0.29) is 30.0 Å². The zero-order chi connectivity index (χ0) is 19.4. The molecular weight excluding hydrogens is 332 g/mol. The quantitative estimate of drug-likeness (QED) is 0.314. The van der Waals surface area contributed by atoms with Crippen LogP contribution in [-0.2, 0) is 14.3 Å². The Morgan fingerprint density at radius 2 is 2.08 bits per heavy atom. The molecule has 5 heteroatoms. The van der Waals surface area contributed by atoms with E-state index in [0.29, 0.717) is 19.3 Å². The Morgan fingerprint density at radius 3 is 2.77 bits per heavy atom. The van der Waals surface area contributed by atoms with Crippen molar-refractivity contribution in [3.8, 4) is 0 Å². The van der Waals surface area contributed by atoms with Crippen molar-refractivity contribution in [2.24, 2.45) is 11.8 Å². The van der Waals surface area contributed by atoms with Crippen molar-refractivity contribution in [1.29, 1.82) is 0 Å². The molecule has 5 nitrogen and oxygen atoms in total. The number of esters is 1. The fourth-order valence-corrected chi connectivity index (χ4v) is 3.31. The third-order valence-corrected chi connectivity index (χ3v) is 4.94. The highest BCUT2D eigenvalue weighted by atomic mass is 16.5. The Balaban J connectivity index is 2.46. The predicted octanol–water partition coefficient (Wildman–Crippen LogP) is 3.34. The second-order valence-corrected chi connectivity index (χ2v) is 7.05. The van der Waals surface area contributed by atoms with Crippen molar-refractivity contribution >= 4 is 11.8 Å². The topological polar surface area (TPSA) is 83.8 Å². The van der Waals surface area contributed by atoms with Crippen LogP contribution in [0.4, 0.5) is 0 Å². The maximum atomic E-state index is 12.1. The van der Waals surface area contributed by atoms with Gasteiger partial charge >= 0.3 is 5.97 Å². The van der Waals surface area contributed by atoms with Crippen molar-refractivity contribution < 1.29 is 24.5 Å². The fraction of sp³-hybridized carbons (Fsp3) is 0.714. The van der Waals surface area contributed by atoms with Gasteiger partial charge < -0.3 is 14.9 Å². The molecule has 0 heterocycles. The number of allylic oxidation sites excluding steroid dienone is 3. The number of methoxy groups -OCH3 is 1. The molecule has 0 aromatic heterocycles. The Bertz CT molecular complexity index is 483. The third-order valence-electron chi connectivity index (χ3n) is 4.94. The van der Waals surface area contributed by atoms with Gasteiger partial charge in [-0.05, 0) is 25.7 Å². The summed E-state index contributed by atoms with van der Waals surface area (Å²) in [5, 5.41) is 20.2. The van der Waals surface area contributed by atoms with E-state index >= 15 is 0 Å². The van der Waals surface area contributed by atoms with E-state index in [4.69, 9.17) is 0 Å². The summed E-state index contributed by atoms with van der Waals surface area (Å²) in [6.07, 6.45) is 12.9. The van der Waals surface area contributed by atoms with E-state index in [2.05, 4.69) is 11.7 Å². The van der Waals surface area contributed by atoms with E-state index in [1.54, 1.807) is 12.2 Å². The minimum atomic E-state index is -0.630. The van der Waals surface area contributed by atoms with E-state index < -0.39 is 12.2 Å². The van der Waals surface area contributed by atoms with Crippen molar-refractivity contribution in [2.75, 3.05) is 7.11 Å². The number of hydrogen-bond donors (Lipinski definition) is 2. The van der Waals surface area contributed by atoms with Crippen LogP contribution in [0.25, 0.3) is 0 Å². The number of aliphatic hydroxyl groups is 2. The van der Waals surface area contributed by atoms with Gasteiger partial charge in [-0.1, -0.05) is 50.5 Å². The average Bonchev–Trinajstić information content (AvgIpc) is 2.89. The Kier molecular flexibility index (Phi) is 11.1. The Morgan fingerprint density at radius 1 is 1.31 bits per heavy atom. The standard InChI is InChI=1S/C21H34O5/c1-3-4-7-10-16(22)13-14-18-17(19(23)15-20(18)24)11-8-5-6-9-12-21(25)26-2/h5,8,13-14,16-19,22-23H,3-4,6-7,9-12,15H2,1-2H3/b8-5-,14-13+/t16-,17+,18+,19+/m0/s1. The molecule has 1 fully saturated rings. The van der Waals surface area contributed by atoms with Gasteiger partial charge in [0.1, 0.15) is 5.78 Å². The molecule has 0 aromatic rings. The van der Waals surface area contributed by atoms with E-state index in [9.17, 15) is 19.8 Å². The van der Waals surface area contributed by atoms with Crippen LogP contribution in [-0.4, -0.2) is 41.3 Å². The molecule has 0 bridgehead atoms. The number of unbranched alkanes of at least 4 members (excludes halogenated alkanes) is 3. The summed E-state index contributed by atoms with van der Waals surface area (Å²) in [6.45, 7) is 2.12. The van der Waals surface area contributed by atoms with Gasteiger partial charge in [0.05, 0.1) is 19.3 Å². The fourth-order valence-electron chi connectivity index (χ4n) is 3.31. The molecule has 1 rings (SSSR count). The first-order chi connectivity index (χ1) is 12.5.